The SMILES string of the molecule is CC/C=C\C/C=C\C/C=C\C/C=C\CCCCCCCCCCCCCCCCC(=O)OCC(COC(=O)CCCCCCC/C=C\CCC)OC(=O)CCCCCCC/C=C\CCCCC. The van der Waals surface area contributed by atoms with Crippen LogP contribution in [0.5, 0.6) is 0 Å². The van der Waals surface area contributed by atoms with Crippen LogP contribution in [0, 0.1) is 0 Å². The second-order valence-corrected chi connectivity index (χ2v) is 18.8. The fraction of sp³-hybridized carbons (Fsp3) is 0.754. The fourth-order valence-electron chi connectivity index (χ4n) is 7.90. The van der Waals surface area contributed by atoms with Crippen LogP contribution in [-0.4, -0.2) is 37.2 Å². The third-order valence-corrected chi connectivity index (χ3v) is 12.1. The van der Waals surface area contributed by atoms with Gasteiger partial charge in [-0.2, -0.15) is 0 Å². The molecule has 0 rings (SSSR count). The molecule has 0 aromatic heterocycles. The maximum atomic E-state index is 12.8. The summed E-state index contributed by atoms with van der Waals surface area (Å²) in [6.45, 7) is 6.44. The molecule has 6 nitrogen and oxygen atoms in total. The summed E-state index contributed by atoms with van der Waals surface area (Å²) in [7, 11) is 0. The molecular weight excluding hydrogens is 829 g/mol. The van der Waals surface area contributed by atoms with Crippen molar-refractivity contribution >= 4 is 17.9 Å². The number of hydrogen-bond acceptors (Lipinski definition) is 6. The maximum Gasteiger partial charge on any atom is 0.306 e. The number of hydrogen-bond donors (Lipinski definition) is 0. The molecule has 0 amide bonds. The first-order valence-electron chi connectivity index (χ1n) is 28.4. The second-order valence-electron chi connectivity index (χ2n) is 18.8. The molecule has 0 fully saturated rings. The zero-order valence-corrected chi connectivity index (χ0v) is 44.2. The van der Waals surface area contributed by atoms with E-state index in [4.69, 9.17) is 14.2 Å². The van der Waals surface area contributed by atoms with E-state index in [-0.39, 0.29) is 31.1 Å². The van der Waals surface area contributed by atoms with Crippen LogP contribution in [0.3, 0.4) is 0 Å². The average Bonchev–Trinajstić information content (AvgIpc) is 3.33. The highest BCUT2D eigenvalue weighted by Gasteiger charge is 2.19. The molecule has 1 unspecified atom stereocenters. The summed E-state index contributed by atoms with van der Waals surface area (Å²) in [4.78, 5) is 38.0. The lowest BCUT2D eigenvalue weighted by atomic mass is 10.0. The standard InChI is InChI=1S/C61H106O6/c1-4-7-10-13-16-19-22-24-25-26-27-28-29-30-31-32-33-34-35-36-37-38-40-42-45-48-51-54-60(63)66-57-58(56-65-59(62)53-50-47-44-41-21-18-15-12-9-6-3)67-61(64)55-52-49-46-43-39-23-20-17-14-11-8-5-2/h7,10,12,15-17,19-20,24-25,27-28,58H,4-6,8-9,11,13-14,18,21-23,26,29-57H2,1-3H3/b10-7-,15-12-,19-16-,20-17-,25-24-,28-27-. The van der Waals surface area contributed by atoms with Gasteiger partial charge in [-0.1, -0.05) is 229 Å². The minimum Gasteiger partial charge on any atom is -0.462 e. The molecule has 0 aliphatic carbocycles. The van der Waals surface area contributed by atoms with Crippen LogP contribution < -0.4 is 0 Å². The molecule has 0 aliphatic rings. The summed E-state index contributed by atoms with van der Waals surface area (Å²) in [5.41, 5.74) is 0. The zero-order chi connectivity index (χ0) is 48.6. The first kappa shape index (κ1) is 63.8. The largest absolute Gasteiger partial charge is 0.462 e. The molecule has 0 saturated carbocycles. The molecule has 0 spiro atoms. The Kier molecular flexibility index (Phi) is 52.8. The number of esters is 3. The molecule has 6 heteroatoms. The highest BCUT2D eigenvalue weighted by molar-refractivity contribution is 5.71. The number of carbonyl (C=O) groups is 3. The second kappa shape index (κ2) is 55.4. The van der Waals surface area contributed by atoms with Crippen LogP contribution in [0.4, 0.5) is 0 Å². The van der Waals surface area contributed by atoms with Gasteiger partial charge in [-0.05, 0) is 103 Å². The molecule has 0 aromatic rings. The Balaban J connectivity index is 4.16. The topological polar surface area (TPSA) is 78.9 Å². The summed E-state index contributed by atoms with van der Waals surface area (Å²) in [5.74, 6) is -0.896. The van der Waals surface area contributed by atoms with E-state index in [0.29, 0.717) is 19.3 Å². The Labute approximate surface area is 414 Å². The Morgan fingerprint density at radius 2 is 0.612 bits per heavy atom. The van der Waals surface area contributed by atoms with Crippen molar-refractivity contribution in [3.8, 4) is 0 Å². The molecule has 0 radical (unpaired) electrons. The highest BCUT2D eigenvalue weighted by Crippen LogP contribution is 2.16. The number of carbonyl (C=O) groups excluding carboxylic acids is 3. The maximum absolute atomic E-state index is 12.8. The summed E-state index contributed by atoms with van der Waals surface area (Å²) in [5, 5.41) is 0. The van der Waals surface area contributed by atoms with Crippen LogP contribution in [0.15, 0.2) is 72.9 Å². The molecule has 0 aromatic carbocycles. The van der Waals surface area contributed by atoms with E-state index in [1.54, 1.807) is 0 Å². The van der Waals surface area contributed by atoms with Gasteiger partial charge in [-0.15, -0.1) is 0 Å². The van der Waals surface area contributed by atoms with Crippen molar-refractivity contribution < 1.29 is 28.6 Å². The van der Waals surface area contributed by atoms with Crippen LogP contribution in [0.1, 0.15) is 278 Å². The minimum absolute atomic E-state index is 0.0802. The van der Waals surface area contributed by atoms with E-state index in [2.05, 4.69) is 93.7 Å². The number of ether oxygens (including phenoxy) is 3. The molecule has 0 saturated heterocycles. The lowest BCUT2D eigenvalue weighted by molar-refractivity contribution is -0.167. The first-order chi connectivity index (χ1) is 33.0. The highest BCUT2D eigenvalue weighted by atomic mass is 16.6. The van der Waals surface area contributed by atoms with Crippen molar-refractivity contribution in [1.29, 1.82) is 0 Å². The molecule has 0 heterocycles. The third-order valence-electron chi connectivity index (χ3n) is 12.1. The summed E-state index contributed by atoms with van der Waals surface area (Å²) in [6.07, 6.45) is 70.5. The van der Waals surface area contributed by atoms with Gasteiger partial charge in [0.15, 0.2) is 6.10 Å². The van der Waals surface area contributed by atoms with E-state index >= 15 is 0 Å². The van der Waals surface area contributed by atoms with E-state index in [1.807, 2.05) is 0 Å². The molecule has 67 heavy (non-hydrogen) atoms. The van der Waals surface area contributed by atoms with E-state index < -0.39 is 6.10 Å². The van der Waals surface area contributed by atoms with Gasteiger partial charge >= 0.3 is 17.9 Å². The van der Waals surface area contributed by atoms with E-state index in [9.17, 15) is 14.4 Å². The monoisotopic (exact) mass is 935 g/mol. The summed E-state index contributed by atoms with van der Waals surface area (Å²) >= 11 is 0. The number of allylic oxidation sites excluding steroid dienone is 12. The van der Waals surface area contributed by atoms with Crippen molar-refractivity contribution in [2.24, 2.45) is 0 Å². The average molecular weight is 936 g/mol. The fourth-order valence-corrected chi connectivity index (χ4v) is 7.90. The van der Waals surface area contributed by atoms with Crippen molar-refractivity contribution in [2.45, 2.75) is 284 Å². The van der Waals surface area contributed by atoms with E-state index in [0.717, 1.165) is 109 Å². The van der Waals surface area contributed by atoms with Gasteiger partial charge in [-0.25, -0.2) is 0 Å². The number of unbranched alkanes of at least 4 members (excludes halogenated alkanes) is 28. The molecule has 0 N–H and O–H groups in total. The quantitative estimate of drug-likeness (QED) is 0.0262. The van der Waals surface area contributed by atoms with Gasteiger partial charge in [0.05, 0.1) is 0 Å². The van der Waals surface area contributed by atoms with Gasteiger partial charge in [0, 0.05) is 19.3 Å². The molecule has 0 bridgehead atoms. The Hall–Kier alpha value is -3.15. The Bertz CT molecular complexity index is 1260. The van der Waals surface area contributed by atoms with Crippen LogP contribution >= 0.6 is 0 Å². The van der Waals surface area contributed by atoms with E-state index in [1.165, 1.54) is 128 Å². The predicted octanol–water partition coefficient (Wildman–Crippen LogP) is 19.0. The first-order valence-corrected chi connectivity index (χ1v) is 28.4. The van der Waals surface area contributed by atoms with Gasteiger partial charge in [0.1, 0.15) is 13.2 Å². The van der Waals surface area contributed by atoms with Crippen molar-refractivity contribution in [2.75, 3.05) is 13.2 Å². The summed E-state index contributed by atoms with van der Waals surface area (Å²) in [6, 6.07) is 0. The molecule has 1 atom stereocenters. The van der Waals surface area contributed by atoms with Gasteiger partial charge in [0.25, 0.3) is 0 Å². The van der Waals surface area contributed by atoms with Crippen LogP contribution in [0.2, 0.25) is 0 Å². The van der Waals surface area contributed by atoms with Crippen molar-refractivity contribution in [1.82, 2.24) is 0 Å². The lowest BCUT2D eigenvalue weighted by Crippen LogP contribution is -2.30. The Morgan fingerprint density at radius 3 is 0.985 bits per heavy atom. The molecule has 386 valence electrons. The lowest BCUT2D eigenvalue weighted by Gasteiger charge is -2.18. The summed E-state index contributed by atoms with van der Waals surface area (Å²) < 4.78 is 16.8. The van der Waals surface area contributed by atoms with Crippen LogP contribution in [0.25, 0.3) is 0 Å². The van der Waals surface area contributed by atoms with Crippen LogP contribution in [-0.2, 0) is 28.6 Å². The molecular formula is C61H106O6. The van der Waals surface area contributed by atoms with Gasteiger partial charge in [-0.3, -0.25) is 14.4 Å². The smallest absolute Gasteiger partial charge is 0.306 e. The van der Waals surface area contributed by atoms with Crippen molar-refractivity contribution in [3.63, 3.8) is 0 Å². The third kappa shape index (κ3) is 53.7. The minimum atomic E-state index is -0.780. The molecule has 0 aliphatic heterocycles. The zero-order valence-electron chi connectivity index (χ0n) is 44.2. The van der Waals surface area contributed by atoms with Gasteiger partial charge in [0.2, 0.25) is 0 Å². The predicted molar refractivity (Wildman–Crippen MR) is 288 cm³/mol. The normalized spacial score (nSPS) is 12.6. The number of rotatable bonds is 51. The van der Waals surface area contributed by atoms with Crippen molar-refractivity contribution in [3.05, 3.63) is 72.9 Å². The van der Waals surface area contributed by atoms with Gasteiger partial charge < -0.3 is 14.2 Å². The Morgan fingerprint density at radius 1 is 0.313 bits per heavy atom.